The second-order valence-corrected chi connectivity index (χ2v) is 7.23. The minimum atomic E-state index is -0.340. The minimum Gasteiger partial charge on any atom is -0.506 e. The van der Waals surface area contributed by atoms with Gasteiger partial charge in [0.2, 0.25) is 0 Å². The number of hydrogen-bond acceptors (Lipinski definition) is 5. The Labute approximate surface area is 172 Å². The zero-order chi connectivity index (χ0) is 20.1. The highest BCUT2D eigenvalue weighted by atomic mass is 79.9. The van der Waals surface area contributed by atoms with Crippen molar-refractivity contribution in [2.75, 3.05) is 27.3 Å². The molecule has 0 radical (unpaired) electrons. The maximum Gasteiger partial charge on any atom is 0.193 e. The lowest BCUT2D eigenvalue weighted by Gasteiger charge is -2.20. The number of carbonyl (C=O) groups is 1. The zero-order valence-corrected chi connectivity index (χ0v) is 17.4. The fourth-order valence-corrected chi connectivity index (χ4v) is 3.62. The van der Waals surface area contributed by atoms with Crippen LogP contribution >= 0.6 is 15.9 Å². The lowest BCUT2D eigenvalue weighted by molar-refractivity contribution is 0.104. The van der Waals surface area contributed by atoms with Gasteiger partial charge in [0.15, 0.2) is 5.78 Å². The van der Waals surface area contributed by atoms with Crippen LogP contribution < -0.4 is 14.8 Å². The summed E-state index contributed by atoms with van der Waals surface area (Å²) in [5, 5.41) is 14.2. The summed E-state index contributed by atoms with van der Waals surface area (Å²) in [4.78, 5) is 12.9. The predicted octanol–water partition coefficient (Wildman–Crippen LogP) is 4.44. The molecule has 6 heteroatoms. The Balaban J connectivity index is 2.06. The van der Waals surface area contributed by atoms with Gasteiger partial charge in [0.05, 0.1) is 19.8 Å². The van der Waals surface area contributed by atoms with Crippen molar-refractivity contribution in [1.82, 2.24) is 5.32 Å². The van der Waals surface area contributed by atoms with Crippen LogP contribution in [-0.4, -0.2) is 38.2 Å². The van der Waals surface area contributed by atoms with E-state index in [0.29, 0.717) is 17.9 Å². The van der Waals surface area contributed by atoms with Gasteiger partial charge in [-0.1, -0.05) is 40.2 Å². The topological polar surface area (TPSA) is 67.8 Å². The SMILES string of the molecule is COc1cc(OC)c(C2=CCNCC2)c(O)c1C(=O)C=Cc1cccc(Br)c1. The van der Waals surface area contributed by atoms with Crippen molar-refractivity contribution < 1.29 is 19.4 Å². The predicted molar refractivity (Wildman–Crippen MR) is 114 cm³/mol. The molecule has 1 aliphatic rings. The fourth-order valence-electron chi connectivity index (χ4n) is 3.21. The van der Waals surface area contributed by atoms with Crippen LogP contribution in [0.2, 0.25) is 0 Å². The Bertz CT molecular complexity index is 950. The molecule has 2 aromatic rings. The molecule has 1 heterocycles. The minimum absolute atomic E-state index is 0.117. The van der Waals surface area contributed by atoms with Crippen LogP contribution in [0.15, 0.2) is 47.0 Å². The van der Waals surface area contributed by atoms with E-state index in [9.17, 15) is 9.90 Å². The Morgan fingerprint density at radius 1 is 1.21 bits per heavy atom. The van der Waals surface area contributed by atoms with Crippen LogP contribution in [0.4, 0.5) is 0 Å². The van der Waals surface area contributed by atoms with E-state index in [1.807, 2.05) is 30.3 Å². The van der Waals surface area contributed by atoms with Crippen molar-refractivity contribution in [2.24, 2.45) is 0 Å². The van der Waals surface area contributed by atoms with Crippen LogP contribution in [0.1, 0.15) is 27.9 Å². The fraction of sp³-hybridized carbons (Fsp3) is 0.227. The highest BCUT2D eigenvalue weighted by Crippen LogP contribution is 2.43. The number of ether oxygens (including phenoxy) is 2. The first-order chi connectivity index (χ1) is 13.5. The number of phenolic OH excluding ortho intramolecular Hbond substituents is 1. The van der Waals surface area contributed by atoms with Gasteiger partial charge in [-0.05, 0) is 42.3 Å². The smallest absolute Gasteiger partial charge is 0.193 e. The van der Waals surface area contributed by atoms with E-state index >= 15 is 0 Å². The molecule has 5 nitrogen and oxygen atoms in total. The first kappa shape index (κ1) is 20.2. The number of halogens is 1. The Hall–Kier alpha value is -2.57. The van der Waals surface area contributed by atoms with Gasteiger partial charge < -0.3 is 19.9 Å². The summed E-state index contributed by atoms with van der Waals surface area (Å²) < 4.78 is 11.8. The number of allylic oxidation sites excluding steroid dienone is 1. The Kier molecular flexibility index (Phi) is 6.54. The van der Waals surface area contributed by atoms with E-state index in [-0.39, 0.29) is 22.8 Å². The number of rotatable bonds is 6. The van der Waals surface area contributed by atoms with E-state index in [1.54, 1.807) is 12.1 Å². The van der Waals surface area contributed by atoms with Crippen molar-refractivity contribution in [3.63, 3.8) is 0 Å². The lowest BCUT2D eigenvalue weighted by atomic mass is 9.93. The molecule has 0 spiro atoms. The number of hydrogen-bond donors (Lipinski definition) is 2. The third-order valence-corrected chi connectivity index (χ3v) is 5.07. The molecule has 1 aliphatic heterocycles. The molecule has 146 valence electrons. The van der Waals surface area contributed by atoms with Crippen molar-refractivity contribution in [3.8, 4) is 17.2 Å². The number of carbonyl (C=O) groups excluding carboxylic acids is 1. The Morgan fingerprint density at radius 2 is 2.00 bits per heavy atom. The molecule has 28 heavy (non-hydrogen) atoms. The van der Waals surface area contributed by atoms with Crippen LogP contribution in [0.3, 0.4) is 0 Å². The molecule has 2 aromatic carbocycles. The molecule has 0 saturated heterocycles. The first-order valence-corrected chi connectivity index (χ1v) is 9.70. The normalized spacial score (nSPS) is 14.0. The van der Waals surface area contributed by atoms with Gasteiger partial charge in [-0.15, -0.1) is 0 Å². The second kappa shape index (κ2) is 9.08. The van der Waals surface area contributed by atoms with Crippen LogP contribution in [0, 0.1) is 0 Å². The molecule has 0 fully saturated rings. The van der Waals surface area contributed by atoms with Crippen LogP contribution in [-0.2, 0) is 0 Å². The summed E-state index contributed by atoms with van der Waals surface area (Å²) in [5.41, 5.74) is 2.49. The van der Waals surface area contributed by atoms with E-state index < -0.39 is 0 Å². The van der Waals surface area contributed by atoms with E-state index in [2.05, 4.69) is 21.2 Å². The molecule has 0 saturated carbocycles. The third-order valence-electron chi connectivity index (χ3n) is 4.58. The number of nitrogens with one attached hydrogen (secondary N) is 1. The quantitative estimate of drug-likeness (QED) is 0.509. The number of benzene rings is 2. The molecular weight excluding hydrogens is 422 g/mol. The second-order valence-electron chi connectivity index (χ2n) is 6.32. The summed E-state index contributed by atoms with van der Waals surface area (Å²) in [6, 6.07) is 9.25. The maximum absolute atomic E-state index is 12.9. The summed E-state index contributed by atoms with van der Waals surface area (Å²) in [7, 11) is 3.00. The van der Waals surface area contributed by atoms with Gasteiger partial charge in [0.1, 0.15) is 22.8 Å². The highest BCUT2D eigenvalue weighted by Gasteiger charge is 2.25. The van der Waals surface area contributed by atoms with E-state index in [1.165, 1.54) is 20.3 Å². The molecule has 0 bridgehead atoms. The summed E-state index contributed by atoms with van der Waals surface area (Å²) in [6.45, 7) is 1.50. The molecule has 0 aliphatic carbocycles. The average Bonchev–Trinajstić information content (AvgIpc) is 2.71. The molecule has 3 rings (SSSR count). The number of ketones is 1. The highest BCUT2D eigenvalue weighted by molar-refractivity contribution is 9.10. The number of phenols is 1. The van der Waals surface area contributed by atoms with Gasteiger partial charge in [-0.2, -0.15) is 0 Å². The molecule has 0 atom stereocenters. The van der Waals surface area contributed by atoms with Crippen LogP contribution in [0.5, 0.6) is 17.2 Å². The van der Waals surface area contributed by atoms with Crippen molar-refractivity contribution in [1.29, 1.82) is 0 Å². The first-order valence-electron chi connectivity index (χ1n) is 8.91. The largest absolute Gasteiger partial charge is 0.506 e. The molecule has 2 N–H and O–H groups in total. The molecule has 0 aromatic heterocycles. The van der Waals surface area contributed by atoms with E-state index in [4.69, 9.17) is 9.47 Å². The monoisotopic (exact) mass is 443 g/mol. The summed E-state index contributed by atoms with van der Waals surface area (Å²) in [5.74, 6) is 0.299. The lowest BCUT2D eigenvalue weighted by Crippen LogP contribution is -2.20. The maximum atomic E-state index is 12.9. The zero-order valence-electron chi connectivity index (χ0n) is 15.8. The summed E-state index contributed by atoms with van der Waals surface area (Å²) >= 11 is 3.41. The van der Waals surface area contributed by atoms with Gasteiger partial charge in [-0.3, -0.25) is 4.79 Å². The van der Waals surface area contributed by atoms with Gasteiger partial charge >= 0.3 is 0 Å². The molecule has 0 amide bonds. The molecular formula is C22H22BrNO4. The number of methoxy groups -OCH3 is 2. The third kappa shape index (κ3) is 4.29. The Morgan fingerprint density at radius 3 is 2.64 bits per heavy atom. The average molecular weight is 444 g/mol. The van der Waals surface area contributed by atoms with Gasteiger partial charge in [0.25, 0.3) is 0 Å². The molecule has 0 unspecified atom stereocenters. The van der Waals surface area contributed by atoms with Crippen molar-refractivity contribution in [2.45, 2.75) is 6.42 Å². The van der Waals surface area contributed by atoms with Gasteiger partial charge in [-0.25, -0.2) is 0 Å². The van der Waals surface area contributed by atoms with Gasteiger partial charge in [0, 0.05) is 17.1 Å². The number of aromatic hydroxyl groups is 1. The van der Waals surface area contributed by atoms with Crippen molar-refractivity contribution >= 4 is 33.4 Å². The van der Waals surface area contributed by atoms with E-state index in [0.717, 1.165) is 28.6 Å². The standard InChI is InChI=1S/C22H22BrNO4/c1-27-18-13-19(28-2)21(22(26)20(18)15-8-10-24-11-9-15)17(25)7-6-14-4-3-5-16(23)12-14/h3-8,12-13,24,26H,9-11H2,1-2H3. The van der Waals surface area contributed by atoms with Crippen molar-refractivity contribution in [3.05, 3.63) is 63.6 Å². The summed E-state index contributed by atoms with van der Waals surface area (Å²) in [6.07, 6.45) is 5.88. The van der Waals surface area contributed by atoms with Crippen LogP contribution in [0.25, 0.3) is 11.6 Å².